The summed E-state index contributed by atoms with van der Waals surface area (Å²) in [6, 6.07) is 17.2. The van der Waals surface area contributed by atoms with E-state index in [4.69, 9.17) is 9.47 Å². The van der Waals surface area contributed by atoms with Crippen molar-refractivity contribution in [3.8, 4) is 11.5 Å². The van der Waals surface area contributed by atoms with Crippen LogP contribution in [-0.2, 0) is 9.53 Å². The van der Waals surface area contributed by atoms with Crippen molar-refractivity contribution in [2.75, 3.05) is 18.5 Å². The number of para-hydroxylation sites is 1. The molecule has 0 heterocycles. The van der Waals surface area contributed by atoms with Crippen molar-refractivity contribution < 1.29 is 14.3 Å². The van der Waals surface area contributed by atoms with E-state index < -0.39 is 0 Å². The van der Waals surface area contributed by atoms with E-state index in [1.807, 2.05) is 54.6 Å². The highest BCUT2D eigenvalue weighted by molar-refractivity contribution is 5.70. The summed E-state index contributed by atoms with van der Waals surface area (Å²) in [4.78, 5) is 11.2. The molecule has 110 valence electrons. The van der Waals surface area contributed by atoms with Gasteiger partial charge in [-0.15, -0.1) is 0 Å². The first-order valence-corrected chi connectivity index (χ1v) is 7.00. The Morgan fingerprint density at radius 3 is 2.33 bits per heavy atom. The summed E-state index contributed by atoms with van der Waals surface area (Å²) in [5.41, 5.74) is 0.944. The van der Waals surface area contributed by atoms with Crippen LogP contribution in [0.2, 0.25) is 0 Å². The highest BCUT2D eigenvalue weighted by Crippen LogP contribution is 2.22. The molecule has 0 aliphatic rings. The topological polar surface area (TPSA) is 47.6 Å². The van der Waals surface area contributed by atoms with Crippen LogP contribution in [0.1, 0.15) is 13.3 Å². The largest absolute Gasteiger partial charge is 0.466 e. The highest BCUT2D eigenvalue weighted by atomic mass is 16.5. The van der Waals surface area contributed by atoms with Crippen molar-refractivity contribution in [3.63, 3.8) is 0 Å². The summed E-state index contributed by atoms with van der Waals surface area (Å²) >= 11 is 0. The third-order valence-corrected chi connectivity index (χ3v) is 2.80. The normalized spacial score (nSPS) is 9.95. The Morgan fingerprint density at radius 1 is 1.00 bits per heavy atom. The minimum atomic E-state index is -0.186. The van der Waals surface area contributed by atoms with E-state index in [1.165, 1.54) is 0 Å². The molecule has 2 aromatic carbocycles. The van der Waals surface area contributed by atoms with Gasteiger partial charge in [-0.25, -0.2) is 0 Å². The van der Waals surface area contributed by atoms with E-state index in [0.29, 0.717) is 19.6 Å². The maximum Gasteiger partial charge on any atom is 0.307 e. The lowest BCUT2D eigenvalue weighted by atomic mass is 10.3. The Bertz CT molecular complexity index is 552. The van der Waals surface area contributed by atoms with Gasteiger partial charge >= 0.3 is 5.97 Å². The van der Waals surface area contributed by atoms with Crippen molar-refractivity contribution in [1.29, 1.82) is 0 Å². The summed E-state index contributed by atoms with van der Waals surface area (Å²) in [7, 11) is 0. The van der Waals surface area contributed by atoms with E-state index in [1.54, 1.807) is 6.92 Å². The Hall–Kier alpha value is -2.49. The second-order valence-electron chi connectivity index (χ2n) is 4.42. The molecule has 0 saturated carbocycles. The summed E-state index contributed by atoms with van der Waals surface area (Å²) in [6.45, 7) is 2.78. The van der Waals surface area contributed by atoms with Crippen LogP contribution in [-0.4, -0.2) is 19.1 Å². The fraction of sp³-hybridized carbons (Fsp3) is 0.235. The number of carbonyl (C=O) groups excluding carboxylic acids is 1. The number of anilines is 1. The van der Waals surface area contributed by atoms with Crippen molar-refractivity contribution in [2.24, 2.45) is 0 Å². The van der Waals surface area contributed by atoms with Crippen molar-refractivity contribution in [1.82, 2.24) is 0 Å². The molecule has 0 aromatic heterocycles. The molecule has 0 radical (unpaired) electrons. The molecule has 1 N–H and O–H groups in total. The molecule has 0 atom stereocenters. The lowest BCUT2D eigenvalue weighted by Crippen LogP contribution is -2.11. The van der Waals surface area contributed by atoms with Crippen molar-refractivity contribution in [3.05, 3.63) is 54.6 Å². The van der Waals surface area contributed by atoms with E-state index in [-0.39, 0.29) is 5.97 Å². The quantitative estimate of drug-likeness (QED) is 0.785. The first-order valence-electron chi connectivity index (χ1n) is 7.00. The number of hydrogen-bond acceptors (Lipinski definition) is 4. The Labute approximate surface area is 124 Å². The van der Waals surface area contributed by atoms with Crippen LogP contribution >= 0.6 is 0 Å². The Morgan fingerprint density at radius 2 is 1.67 bits per heavy atom. The number of esters is 1. The number of nitrogens with one attached hydrogen (secondary N) is 1. The van der Waals surface area contributed by atoms with Crippen LogP contribution in [0.3, 0.4) is 0 Å². The van der Waals surface area contributed by atoms with E-state index >= 15 is 0 Å². The zero-order valence-corrected chi connectivity index (χ0v) is 12.0. The average molecular weight is 285 g/mol. The zero-order chi connectivity index (χ0) is 14.9. The van der Waals surface area contributed by atoms with Gasteiger partial charge in [0.15, 0.2) is 0 Å². The van der Waals surface area contributed by atoms with Crippen molar-refractivity contribution in [2.45, 2.75) is 13.3 Å². The molecule has 2 aromatic rings. The van der Waals surface area contributed by atoms with E-state index in [9.17, 15) is 4.79 Å². The van der Waals surface area contributed by atoms with Gasteiger partial charge in [0, 0.05) is 12.2 Å². The highest BCUT2D eigenvalue weighted by Gasteiger charge is 2.01. The SMILES string of the molecule is CCOC(=O)CCNc1ccc(Oc2ccccc2)cc1. The predicted octanol–water partition coefficient (Wildman–Crippen LogP) is 3.84. The molecule has 2 rings (SSSR count). The molecule has 0 bridgehead atoms. The van der Waals surface area contributed by atoms with Gasteiger partial charge in [0.1, 0.15) is 11.5 Å². The molecule has 0 saturated heterocycles. The summed E-state index contributed by atoms with van der Waals surface area (Å²) in [5, 5.41) is 3.17. The van der Waals surface area contributed by atoms with Gasteiger partial charge in [-0.1, -0.05) is 18.2 Å². The fourth-order valence-corrected chi connectivity index (χ4v) is 1.81. The summed E-state index contributed by atoms with van der Waals surface area (Å²) in [6.07, 6.45) is 0.357. The molecule has 0 spiro atoms. The van der Waals surface area contributed by atoms with E-state index in [0.717, 1.165) is 17.2 Å². The first kappa shape index (κ1) is 14.9. The number of carbonyl (C=O) groups is 1. The predicted molar refractivity (Wildman–Crippen MR) is 82.7 cm³/mol. The molecule has 0 fully saturated rings. The second-order valence-corrected chi connectivity index (χ2v) is 4.42. The molecule has 0 aliphatic heterocycles. The van der Waals surface area contributed by atoms with Crippen molar-refractivity contribution >= 4 is 11.7 Å². The van der Waals surface area contributed by atoms with Crippen LogP contribution in [0.5, 0.6) is 11.5 Å². The van der Waals surface area contributed by atoms with E-state index in [2.05, 4.69) is 5.32 Å². The Balaban J connectivity index is 1.80. The van der Waals surface area contributed by atoms with Gasteiger partial charge in [0.2, 0.25) is 0 Å². The molecule has 0 aliphatic carbocycles. The third kappa shape index (κ3) is 5.18. The van der Waals surface area contributed by atoms with Gasteiger partial charge < -0.3 is 14.8 Å². The lowest BCUT2D eigenvalue weighted by molar-refractivity contribution is -0.142. The Kier molecular flexibility index (Phi) is 5.64. The number of hydrogen-bond donors (Lipinski definition) is 1. The molecule has 0 unspecified atom stereocenters. The van der Waals surface area contributed by atoms with Gasteiger partial charge in [0.05, 0.1) is 13.0 Å². The molecule has 21 heavy (non-hydrogen) atoms. The number of rotatable bonds is 7. The maximum atomic E-state index is 11.2. The number of benzene rings is 2. The molecular formula is C17H19NO3. The van der Waals surface area contributed by atoms with Gasteiger partial charge in [0.25, 0.3) is 0 Å². The van der Waals surface area contributed by atoms with Crippen LogP contribution < -0.4 is 10.1 Å². The summed E-state index contributed by atoms with van der Waals surface area (Å²) in [5.74, 6) is 1.40. The second kappa shape index (κ2) is 7.94. The zero-order valence-electron chi connectivity index (χ0n) is 12.0. The summed E-state index contributed by atoms with van der Waals surface area (Å²) < 4.78 is 10.6. The minimum absolute atomic E-state index is 0.186. The van der Waals surface area contributed by atoms with Gasteiger partial charge in [-0.2, -0.15) is 0 Å². The smallest absolute Gasteiger partial charge is 0.307 e. The lowest BCUT2D eigenvalue weighted by Gasteiger charge is -2.08. The van der Waals surface area contributed by atoms with Gasteiger partial charge in [-0.05, 0) is 43.3 Å². The first-order chi connectivity index (χ1) is 10.3. The van der Waals surface area contributed by atoms with Crippen LogP contribution in [0.4, 0.5) is 5.69 Å². The van der Waals surface area contributed by atoms with Crippen LogP contribution in [0, 0.1) is 0 Å². The van der Waals surface area contributed by atoms with Gasteiger partial charge in [-0.3, -0.25) is 4.79 Å². The average Bonchev–Trinajstić information content (AvgIpc) is 2.50. The fourth-order valence-electron chi connectivity index (χ4n) is 1.81. The minimum Gasteiger partial charge on any atom is -0.466 e. The molecular weight excluding hydrogens is 266 g/mol. The van der Waals surface area contributed by atoms with Crippen LogP contribution in [0.25, 0.3) is 0 Å². The molecule has 0 amide bonds. The number of ether oxygens (including phenoxy) is 2. The monoisotopic (exact) mass is 285 g/mol. The third-order valence-electron chi connectivity index (χ3n) is 2.80. The van der Waals surface area contributed by atoms with Crippen LogP contribution in [0.15, 0.2) is 54.6 Å². The standard InChI is InChI=1S/C17H19NO3/c1-2-20-17(19)12-13-18-14-8-10-16(11-9-14)21-15-6-4-3-5-7-15/h3-11,18H,2,12-13H2,1H3. The molecule has 4 heteroatoms. The molecule has 4 nitrogen and oxygen atoms in total. The maximum absolute atomic E-state index is 11.2.